The van der Waals surface area contributed by atoms with Crippen molar-refractivity contribution in [3.8, 4) is 11.4 Å². The number of hydrogen-bond donors (Lipinski definition) is 1. The Bertz CT molecular complexity index is 484. The largest absolute Gasteiger partial charge is 0.495 e. The van der Waals surface area contributed by atoms with Crippen LogP contribution in [0, 0.1) is 0 Å². The third-order valence-corrected chi connectivity index (χ3v) is 2.28. The number of pyridine rings is 1. The summed E-state index contributed by atoms with van der Waals surface area (Å²) in [6, 6.07) is 1.78. The molecule has 0 aliphatic heterocycles. The van der Waals surface area contributed by atoms with Crippen LogP contribution in [0.25, 0.3) is 5.69 Å². The summed E-state index contributed by atoms with van der Waals surface area (Å²) in [7, 11) is 1.57. The Morgan fingerprint density at radius 1 is 1.47 bits per heavy atom. The van der Waals surface area contributed by atoms with Gasteiger partial charge in [-0.1, -0.05) is 0 Å². The molecule has 0 fully saturated rings. The highest BCUT2D eigenvalue weighted by Crippen LogP contribution is 2.18. The number of nitrogens with zero attached hydrogens (tertiary/aromatic N) is 4. The molecule has 0 bridgehead atoms. The second-order valence-corrected chi connectivity index (χ2v) is 3.44. The van der Waals surface area contributed by atoms with Crippen LogP contribution in [0.5, 0.6) is 5.75 Å². The molecule has 0 radical (unpaired) electrons. The van der Waals surface area contributed by atoms with Crippen molar-refractivity contribution in [3.63, 3.8) is 0 Å². The Labute approximate surface area is 94.2 Å². The third-order valence-electron chi connectivity index (χ3n) is 1.76. The van der Waals surface area contributed by atoms with Crippen molar-refractivity contribution in [3.05, 3.63) is 23.2 Å². The van der Waals surface area contributed by atoms with E-state index in [4.69, 9.17) is 10.5 Å². The van der Waals surface area contributed by atoms with Gasteiger partial charge < -0.3 is 10.5 Å². The lowest BCUT2D eigenvalue weighted by atomic mass is 10.4. The van der Waals surface area contributed by atoms with Crippen LogP contribution in [0.15, 0.2) is 23.2 Å². The number of aromatic nitrogens is 4. The zero-order valence-electron chi connectivity index (χ0n) is 7.88. The van der Waals surface area contributed by atoms with Crippen LogP contribution in [0.2, 0.25) is 0 Å². The summed E-state index contributed by atoms with van der Waals surface area (Å²) >= 11 is 3.24. The number of hydrogen-bond acceptors (Lipinski definition) is 5. The molecule has 0 atom stereocenters. The Morgan fingerprint density at radius 3 is 2.87 bits per heavy atom. The summed E-state index contributed by atoms with van der Waals surface area (Å²) in [5.74, 6) is 0.846. The number of halogens is 1. The maximum atomic E-state index is 5.46. The first-order valence-electron chi connectivity index (χ1n) is 4.08. The fourth-order valence-electron chi connectivity index (χ4n) is 1.11. The molecule has 2 aromatic rings. The summed E-state index contributed by atoms with van der Waals surface area (Å²) in [5, 5.41) is 4.00. The van der Waals surface area contributed by atoms with Crippen LogP contribution in [0.4, 0.5) is 5.95 Å². The van der Waals surface area contributed by atoms with E-state index >= 15 is 0 Å². The summed E-state index contributed by atoms with van der Waals surface area (Å²) in [6.45, 7) is 0. The van der Waals surface area contributed by atoms with Crippen LogP contribution >= 0.6 is 15.9 Å². The molecule has 0 aliphatic rings. The van der Waals surface area contributed by atoms with Gasteiger partial charge in [0.2, 0.25) is 10.7 Å². The van der Waals surface area contributed by atoms with Crippen molar-refractivity contribution in [1.29, 1.82) is 0 Å². The van der Waals surface area contributed by atoms with Gasteiger partial charge in [0.1, 0.15) is 5.75 Å². The van der Waals surface area contributed by atoms with Crippen molar-refractivity contribution < 1.29 is 4.74 Å². The van der Waals surface area contributed by atoms with E-state index in [9.17, 15) is 0 Å². The van der Waals surface area contributed by atoms with Gasteiger partial charge in [0.25, 0.3) is 0 Å². The van der Waals surface area contributed by atoms with Gasteiger partial charge in [0.15, 0.2) is 0 Å². The maximum absolute atomic E-state index is 5.46. The Balaban J connectivity index is 2.49. The summed E-state index contributed by atoms with van der Waals surface area (Å²) in [5.41, 5.74) is 6.19. The van der Waals surface area contributed by atoms with Crippen LogP contribution < -0.4 is 10.5 Å². The number of nitrogen functional groups attached to an aromatic ring is 1. The molecule has 0 saturated carbocycles. The molecule has 2 aromatic heterocycles. The van der Waals surface area contributed by atoms with Crippen LogP contribution in [-0.4, -0.2) is 26.9 Å². The van der Waals surface area contributed by atoms with Crippen LogP contribution in [0.1, 0.15) is 0 Å². The topological polar surface area (TPSA) is 78.8 Å². The van der Waals surface area contributed by atoms with E-state index < -0.39 is 0 Å². The van der Waals surface area contributed by atoms with Crippen molar-refractivity contribution >= 4 is 21.9 Å². The molecular formula is C8H8BrN5O. The first-order chi connectivity index (χ1) is 7.20. The van der Waals surface area contributed by atoms with E-state index in [1.807, 2.05) is 0 Å². The summed E-state index contributed by atoms with van der Waals surface area (Å²) < 4.78 is 7.11. The number of ether oxygens (including phenoxy) is 1. The second-order valence-electron chi connectivity index (χ2n) is 2.73. The minimum Gasteiger partial charge on any atom is -0.495 e. The average molecular weight is 270 g/mol. The maximum Gasteiger partial charge on any atom is 0.240 e. The van der Waals surface area contributed by atoms with Gasteiger partial charge in [-0.05, 0) is 15.9 Å². The van der Waals surface area contributed by atoms with E-state index in [1.165, 1.54) is 4.68 Å². The lowest BCUT2D eigenvalue weighted by Gasteiger charge is -2.03. The lowest BCUT2D eigenvalue weighted by Crippen LogP contribution is -1.99. The number of methoxy groups -OCH3 is 1. The predicted octanol–water partition coefficient (Wildman–Crippen LogP) is 1.02. The molecule has 6 nitrogen and oxygen atoms in total. The van der Waals surface area contributed by atoms with Gasteiger partial charge >= 0.3 is 0 Å². The smallest absolute Gasteiger partial charge is 0.240 e. The zero-order valence-corrected chi connectivity index (χ0v) is 9.47. The Morgan fingerprint density at radius 2 is 2.27 bits per heavy atom. The summed E-state index contributed by atoms with van der Waals surface area (Å²) in [6.07, 6.45) is 3.25. The highest BCUT2D eigenvalue weighted by Gasteiger charge is 2.07. The number of anilines is 1. The van der Waals surface area contributed by atoms with Crippen molar-refractivity contribution in [2.24, 2.45) is 0 Å². The lowest BCUT2D eigenvalue weighted by molar-refractivity contribution is 0.412. The molecule has 2 rings (SSSR count). The quantitative estimate of drug-likeness (QED) is 0.881. The first-order valence-corrected chi connectivity index (χ1v) is 4.87. The fourth-order valence-corrected chi connectivity index (χ4v) is 1.57. The monoisotopic (exact) mass is 269 g/mol. The minimum atomic E-state index is 0.199. The molecular weight excluding hydrogens is 262 g/mol. The van der Waals surface area contributed by atoms with Crippen molar-refractivity contribution in [2.45, 2.75) is 0 Å². The minimum absolute atomic E-state index is 0.199. The van der Waals surface area contributed by atoms with E-state index in [1.54, 1.807) is 25.6 Å². The predicted molar refractivity (Wildman–Crippen MR) is 57.8 cm³/mol. The fraction of sp³-hybridized carbons (Fsp3) is 0.125. The molecule has 7 heteroatoms. The van der Waals surface area contributed by atoms with Crippen molar-refractivity contribution in [1.82, 2.24) is 19.7 Å². The van der Waals surface area contributed by atoms with Gasteiger partial charge in [0, 0.05) is 6.07 Å². The highest BCUT2D eigenvalue weighted by molar-refractivity contribution is 9.10. The van der Waals surface area contributed by atoms with E-state index in [2.05, 4.69) is 31.0 Å². The standard InChI is InChI=1S/C8H8BrN5O/c1-15-6-2-5(3-11-4-6)14-7(9)12-8(10)13-14/h2-4H,1H3,(H2,10,13). The third kappa shape index (κ3) is 1.91. The number of rotatable bonds is 2. The van der Waals surface area contributed by atoms with Gasteiger partial charge in [-0.2, -0.15) is 4.98 Å². The van der Waals surface area contributed by atoms with Crippen molar-refractivity contribution in [2.75, 3.05) is 12.8 Å². The SMILES string of the molecule is COc1cncc(-n2nc(N)nc2Br)c1. The molecule has 2 heterocycles. The van der Waals surface area contributed by atoms with E-state index in [0.29, 0.717) is 10.5 Å². The van der Waals surface area contributed by atoms with Gasteiger partial charge in [-0.15, -0.1) is 5.10 Å². The molecule has 0 spiro atoms. The first kappa shape index (κ1) is 9.91. The van der Waals surface area contributed by atoms with E-state index in [-0.39, 0.29) is 5.95 Å². The molecule has 78 valence electrons. The second kappa shape index (κ2) is 3.85. The molecule has 0 saturated heterocycles. The van der Waals surface area contributed by atoms with Crippen LogP contribution in [0.3, 0.4) is 0 Å². The van der Waals surface area contributed by atoms with Gasteiger partial charge in [-0.3, -0.25) is 4.98 Å². The Kier molecular flexibility index (Phi) is 2.55. The normalized spacial score (nSPS) is 10.3. The molecule has 0 unspecified atom stereocenters. The van der Waals surface area contributed by atoms with Gasteiger partial charge in [-0.25, -0.2) is 4.68 Å². The number of nitrogens with two attached hydrogens (primary N) is 1. The average Bonchev–Trinajstić information content (AvgIpc) is 2.58. The Hall–Kier alpha value is -1.63. The summed E-state index contributed by atoms with van der Waals surface area (Å²) in [4.78, 5) is 7.93. The molecule has 0 aliphatic carbocycles. The molecule has 0 aromatic carbocycles. The molecule has 0 amide bonds. The van der Waals surface area contributed by atoms with Gasteiger partial charge in [0.05, 0.1) is 25.2 Å². The molecule has 15 heavy (non-hydrogen) atoms. The zero-order chi connectivity index (χ0) is 10.8. The van der Waals surface area contributed by atoms with E-state index in [0.717, 1.165) is 5.69 Å². The molecule has 2 N–H and O–H groups in total. The highest BCUT2D eigenvalue weighted by atomic mass is 79.9. The van der Waals surface area contributed by atoms with Crippen LogP contribution in [-0.2, 0) is 0 Å².